The minimum Gasteiger partial charge on any atom is -0.387 e. The zero-order valence-corrected chi connectivity index (χ0v) is 8.25. The van der Waals surface area contributed by atoms with E-state index in [9.17, 15) is 0 Å². The van der Waals surface area contributed by atoms with Crippen LogP contribution < -0.4 is 5.73 Å². The second-order valence-electron chi connectivity index (χ2n) is 3.71. The van der Waals surface area contributed by atoms with E-state index >= 15 is 0 Å². The van der Waals surface area contributed by atoms with E-state index in [1.165, 1.54) is 0 Å². The van der Waals surface area contributed by atoms with Crippen LogP contribution in [0, 0.1) is 5.92 Å². The van der Waals surface area contributed by atoms with Crippen molar-refractivity contribution in [2.75, 3.05) is 19.6 Å². The van der Waals surface area contributed by atoms with Gasteiger partial charge in [-0.25, -0.2) is 0 Å². The Balaban J connectivity index is 2.30. The highest BCUT2D eigenvalue weighted by molar-refractivity contribution is 5.82. The summed E-state index contributed by atoms with van der Waals surface area (Å²) >= 11 is 0. The van der Waals surface area contributed by atoms with Gasteiger partial charge in [0.05, 0.1) is 11.9 Å². The molecule has 0 radical (unpaired) electrons. The lowest BCUT2D eigenvalue weighted by molar-refractivity contribution is 0.161. The summed E-state index contributed by atoms with van der Waals surface area (Å²) in [5, 5.41) is 0. The fraction of sp³-hybridized carbons (Fsp3) is 0.889. The lowest BCUT2D eigenvalue weighted by Gasteiger charge is -2.36. The van der Waals surface area contributed by atoms with Crippen LogP contribution in [0.1, 0.15) is 20.8 Å². The van der Waals surface area contributed by atoms with Gasteiger partial charge < -0.3 is 5.73 Å². The predicted octanol–water partition coefficient (Wildman–Crippen LogP) is 0.704. The molecule has 0 aromatic rings. The van der Waals surface area contributed by atoms with Crippen LogP contribution >= 0.6 is 0 Å². The zero-order chi connectivity index (χ0) is 9.14. The highest BCUT2D eigenvalue weighted by atomic mass is 15.2. The first kappa shape index (κ1) is 9.52. The van der Waals surface area contributed by atoms with Gasteiger partial charge in [-0.15, -0.1) is 0 Å². The highest BCUT2D eigenvalue weighted by Gasteiger charge is 2.24. The molecule has 0 spiro atoms. The molecule has 1 aliphatic rings. The lowest BCUT2D eigenvalue weighted by atomic mass is 10.1. The van der Waals surface area contributed by atoms with Gasteiger partial charge in [-0.1, -0.05) is 20.8 Å². The Morgan fingerprint density at radius 3 is 2.58 bits per heavy atom. The van der Waals surface area contributed by atoms with Crippen molar-refractivity contribution < 1.29 is 0 Å². The molecule has 1 fully saturated rings. The van der Waals surface area contributed by atoms with Crippen molar-refractivity contribution >= 4 is 5.84 Å². The zero-order valence-electron chi connectivity index (χ0n) is 8.25. The summed E-state index contributed by atoms with van der Waals surface area (Å²) in [6, 6.07) is 0.465. The van der Waals surface area contributed by atoms with E-state index in [1.807, 2.05) is 0 Å². The van der Waals surface area contributed by atoms with Crippen molar-refractivity contribution in [3.63, 3.8) is 0 Å². The van der Waals surface area contributed by atoms with Crippen LogP contribution in [0.2, 0.25) is 0 Å². The molecule has 0 bridgehead atoms. The average Bonchev–Trinajstić information content (AvgIpc) is 1.94. The maximum absolute atomic E-state index is 5.75. The number of aliphatic imine (C=N–C) groups is 1. The lowest BCUT2D eigenvalue weighted by Crippen LogP contribution is -2.50. The normalized spacial score (nSPS) is 21.5. The minimum atomic E-state index is 0.390. The van der Waals surface area contributed by atoms with Crippen molar-refractivity contribution in [2.24, 2.45) is 16.6 Å². The number of likely N-dealkylation sites (N-methyl/N-ethyl adjacent to an activating group) is 1. The Kier molecular flexibility index (Phi) is 3.09. The molecule has 0 aromatic heterocycles. The average molecular weight is 169 g/mol. The first-order valence-electron chi connectivity index (χ1n) is 4.69. The van der Waals surface area contributed by atoms with E-state index in [1.54, 1.807) is 0 Å². The molecular weight excluding hydrogens is 150 g/mol. The van der Waals surface area contributed by atoms with Gasteiger partial charge in [-0.2, -0.15) is 0 Å². The predicted molar refractivity (Wildman–Crippen MR) is 52.4 cm³/mol. The first-order valence-corrected chi connectivity index (χ1v) is 4.69. The van der Waals surface area contributed by atoms with Crippen molar-refractivity contribution in [1.29, 1.82) is 0 Å². The van der Waals surface area contributed by atoms with Crippen LogP contribution in [-0.4, -0.2) is 36.4 Å². The highest BCUT2D eigenvalue weighted by Crippen LogP contribution is 2.11. The maximum Gasteiger partial charge on any atom is 0.0967 e. The molecule has 0 amide bonds. The molecule has 0 unspecified atom stereocenters. The van der Waals surface area contributed by atoms with Crippen LogP contribution in [0.5, 0.6) is 0 Å². The second-order valence-corrected chi connectivity index (χ2v) is 3.71. The molecule has 3 heteroatoms. The summed E-state index contributed by atoms with van der Waals surface area (Å²) in [5.41, 5.74) is 5.75. The number of hydrogen-bond acceptors (Lipinski definition) is 2. The minimum absolute atomic E-state index is 0.390. The Morgan fingerprint density at radius 2 is 2.17 bits per heavy atom. The van der Waals surface area contributed by atoms with Crippen LogP contribution in [-0.2, 0) is 0 Å². The number of amidine groups is 1. The molecule has 1 aliphatic heterocycles. The second kappa shape index (κ2) is 3.90. The topological polar surface area (TPSA) is 41.6 Å². The summed E-state index contributed by atoms with van der Waals surface area (Å²) in [4.78, 5) is 6.80. The maximum atomic E-state index is 5.75. The molecule has 3 nitrogen and oxygen atoms in total. The van der Waals surface area contributed by atoms with Gasteiger partial charge >= 0.3 is 0 Å². The Morgan fingerprint density at radius 1 is 1.58 bits per heavy atom. The fourth-order valence-corrected chi connectivity index (χ4v) is 1.24. The van der Waals surface area contributed by atoms with Crippen molar-refractivity contribution in [3.05, 3.63) is 0 Å². The van der Waals surface area contributed by atoms with Crippen molar-refractivity contribution in [3.8, 4) is 0 Å². The van der Waals surface area contributed by atoms with Gasteiger partial charge in [0, 0.05) is 19.0 Å². The molecule has 12 heavy (non-hydrogen) atoms. The molecule has 0 saturated carbocycles. The SMILES string of the molecule is CCN1CC(N=C(N)C(C)C)C1. The molecule has 1 heterocycles. The van der Waals surface area contributed by atoms with Gasteiger partial charge in [0.25, 0.3) is 0 Å². The first-order chi connectivity index (χ1) is 5.63. The number of nitrogens with zero attached hydrogens (tertiary/aromatic N) is 2. The molecule has 2 N–H and O–H groups in total. The summed E-state index contributed by atoms with van der Waals surface area (Å²) < 4.78 is 0. The van der Waals surface area contributed by atoms with Gasteiger partial charge in [0.2, 0.25) is 0 Å². The number of hydrogen-bond donors (Lipinski definition) is 1. The monoisotopic (exact) mass is 169 g/mol. The third-order valence-corrected chi connectivity index (χ3v) is 2.31. The quantitative estimate of drug-likeness (QED) is 0.499. The molecule has 0 aromatic carbocycles. The molecule has 0 aliphatic carbocycles. The molecule has 70 valence electrons. The number of likely N-dealkylation sites (tertiary alicyclic amines) is 1. The molecule has 1 rings (SSSR count). The standard InChI is InChI=1S/C9H19N3/c1-4-12-5-8(6-12)11-9(10)7(2)3/h7-8H,4-6H2,1-3H3,(H2,10,11). The summed E-state index contributed by atoms with van der Waals surface area (Å²) in [7, 11) is 0. The largest absolute Gasteiger partial charge is 0.387 e. The fourth-order valence-electron chi connectivity index (χ4n) is 1.24. The summed E-state index contributed by atoms with van der Waals surface area (Å²) in [6.07, 6.45) is 0. The Bertz CT molecular complexity index is 169. The smallest absolute Gasteiger partial charge is 0.0967 e. The summed E-state index contributed by atoms with van der Waals surface area (Å²) in [5.74, 6) is 1.19. The third-order valence-electron chi connectivity index (χ3n) is 2.31. The van der Waals surface area contributed by atoms with E-state index in [2.05, 4.69) is 30.7 Å². The number of rotatable bonds is 3. The van der Waals surface area contributed by atoms with Crippen molar-refractivity contribution in [1.82, 2.24) is 4.90 Å². The van der Waals surface area contributed by atoms with Crippen molar-refractivity contribution in [2.45, 2.75) is 26.8 Å². The van der Waals surface area contributed by atoms with Crippen LogP contribution in [0.15, 0.2) is 4.99 Å². The molecule has 0 atom stereocenters. The molecule has 1 saturated heterocycles. The number of nitrogens with two attached hydrogens (primary N) is 1. The van der Waals surface area contributed by atoms with Gasteiger partial charge in [0.1, 0.15) is 0 Å². The van der Waals surface area contributed by atoms with E-state index < -0.39 is 0 Å². The van der Waals surface area contributed by atoms with E-state index in [0.29, 0.717) is 12.0 Å². The van der Waals surface area contributed by atoms with Crippen LogP contribution in [0.3, 0.4) is 0 Å². The van der Waals surface area contributed by atoms with E-state index in [4.69, 9.17) is 5.73 Å². The summed E-state index contributed by atoms with van der Waals surface area (Å²) in [6.45, 7) is 9.64. The Labute approximate surface area is 74.6 Å². The Hall–Kier alpha value is -0.570. The van der Waals surface area contributed by atoms with Crippen LogP contribution in [0.4, 0.5) is 0 Å². The van der Waals surface area contributed by atoms with Gasteiger partial charge in [-0.05, 0) is 6.54 Å². The van der Waals surface area contributed by atoms with E-state index in [0.717, 1.165) is 25.5 Å². The van der Waals surface area contributed by atoms with Gasteiger partial charge in [0.15, 0.2) is 0 Å². The third kappa shape index (κ3) is 2.21. The molecular formula is C9H19N3. The van der Waals surface area contributed by atoms with Gasteiger partial charge in [-0.3, -0.25) is 9.89 Å². The van der Waals surface area contributed by atoms with Crippen LogP contribution in [0.25, 0.3) is 0 Å². The van der Waals surface area contributed by atoms with E-state index in [-0.39, 0.29) is 0 Å².